The monoisotopic (exact) mass is 456 g/mol. The smallest absolute Gasteiger partial charge is 0.261 e. The van der Waals surface area contributed by atoms with E-state index in [1.54, 1.807) is 48.5 Å². The third-order valence-electron chi connectivity index (χ3n) is 5.05. The molecule has 0 radical (unpaired) electrons. The zero-order valence-electron chi connectivity index (χ0n) is 17.1. The third kappa shape index (κ3) is 3.83. The molecule has 0 saturated heterocycles. The van der Waals surface area contributed by atoms with Crippen LogP contribution in [0.2, 0.25) is 5.02 Å². The Morgan fingerprint density at radius 2 is 1.67 bits per heavy atom. The largest absolute Gasteiger partial charge is 0.507 e. The summed E-state index contributed by atoms with van der Waals surface area (Å²) in [6.45, 7) is 0. The van der Waals surface area contributed by atoms with Gasteiger partial charge in [-0.15, -0.1) is 0 Å². The molecule has 1 amide bonds. The molecule has 2 heterocycles. The number of rotatable bonds is 4. The minimum atomic E-state index is -0.457. The second kappa shape index (κ2) is 8.25. The molecule has 0 atom stereocenters. The third-order valence-corrected chi connectivity index (χ3v) is 5.30. The highest BCUT2D eigenvalue weighted by molar-refractivity contribution is 6.30. The second-order valence-corrected chi connectivity index (χ2v) is 7.66. The van der Waals surface area contributed by atoms with E-state index in [-0.39, 0.29) is 17.1 Å². The number of nitrogens with two attached hydrogens (primary N) is 1. The van der Waals surface area contributed by atoms with Crippen molar-refractivity contribution in [3.8, 4) is 5.75 Å². The maximum Gasteiger partial charge on any atom is 0.261 e. The Bertz CT molecular complexity index is 1540. The topological polar surface area (TPSA) is 118 Å². The van der Waals surface area contributed by atoms with E-state index in [1.807, 2.05) is 24.3 Å². The van der Waals surface area contributed by atoms with Gasteiger partial charge in [-0.05, 0) is 48.5 Å². The number of halogens is 1. The Morgan fingerprint density at radius 1 is 1.00 bits per heavy atom. The van der Waals surface area contributed by atoms with E-state index in [9.17, 15) is 9.90 Å². The quantitative estimate of drug-likeness (QED) is 0.340. The molecule has 9 heteroatoms. The van der Waals surface area contributed by atoms with Gasteiger partial charge >= 0.3 is 0 Å². The zero-order chi connectivity index (χ0) is 22.9. The lowest BCUT2D eigenvalue weighted by Gasteiger charge is -2.05. The molecule has 0 fully saturated rings. The number of amides is 1. The van der Waals surface area contributed by atoms with Gasteiger partial charge < -0.3 is 16.2 Å². The minimum Gasteiger partial charge on any atom is -0.507 e. The van der Waals surface area contributed by atoms with E-state index >= 15 is 0 Å². The molecule has 5 aromatic rings. The van der Waals surface area contributed by atoms with Gasteiger partial charge in [-0.2, -0.15) is 9.78 Å². The Kier molecular flexibility index (Phi) is 5.12. The fraction of sp³-hybridized carbons (Fsp3) is 0. The fourth-order valence-electron chi connectivity index (χ4n) is 3.43. The van der Waals surface area contributed by atoms with Gasteiger partial charge in [0, 0.05) is 16.3 Å². The molecule has 0 aliphatic carbocycles. The number of aromatic hydroxyl groups is 1. The van der Waals surface area contributed by atoms with E-state index in [0.717, 1.165) is 0 Å². The van der Waals surface area contributed by atoms with Gasteiger partial charge in [-0.1, -0.05) is 35.9 Å². The van der Waals surface area contributed by atoms with Gasteiger partial charge in [0.1, 0.15) is 22.6 Å². The van der Waals surface area contributed by atoms with Crippen molar-refractivity contribution in [2.24, 2.45) is 5.10 Å². The number of hydrogen-bond donors (Lipinski definition) is 3. The van der Waals surface area contributed by atoms with E-state index in [1.165, 1.54) is 10.9 Å². The van der Waals surface area contributed by atoms with Crippen LogP contribution in [0.1, 0.15) is 15.9 Å². The summed E-state index contributed by atoms with van der Waals surface area (Å²) in [7, 11) is 0. The molecule has 8 nitrogen and oxygen atoms in total. The van der Waals surface area contributed by atoms with E-state index in [4.69, 9.17) is 17.3 Å². The SMILES string of the molecule is Nc1c(C(=O)Nc2ccc(Cl)cc2)c2nc3ccccc3nc2n1/N=C/c1ccccc1O. The predicted molar refractivity (Wildman–Crippen MR) is 130 cm³/mol. The van der Waals surface area contributed by atoms with Crippen molar-refractivity contribution in [2.45, 2.75) is 0 Å². The summed E-state index contributed by atoms with van der Waals surface area (Å²) in [5, 5.41) is 17.8. The number of phenols is 1. The van der Waals surface area contributed by atoms with Gasteiger partial charge in [0.2, 0.25) is 0 Å². The van der Waals surface area contributed by atoms with Crippen LogP contribution in [0, 0.1) is 0 Å². The number of fused-ring (bicyclic) bond motifs is 2. The van der Waals surface area contributed by atoms with E-state index < -0.39 is 5.91 Å². The molecule has 0 unspecified atom stereocenters. The summed E-state index contributed by atoms with van der Waals surface area (Å²) < 4.78 is 1.35. The first kappa shape index (κ1) is 20.5. The number of hydrogen-bond acceptors (Lipinski definition) is 6. The molecule has 0 bridgehead atoms. The summed E-state index contributed by atoms with van der Waals surface area (Å²) >= 11 is 5.94. The van der Waals surface area contributed by atoms with Crippen molar-refractivity contribution >= 4 is 57.4 Å². The number of anilines is 2. The number of aromatic nitrogens is 3. The van der Waals surface area contributed by atoms with E-state index in [2.05, 4.69) is 20.4 Å². The minimum absolute atomic E-state index is 0.0634. The van der Waals surface area contributed by atoms with Crippen LogP contribution in [0.25, 0.3) is 22.2 Å². The lowest BCUT2D eigenvalue weighted by atomic mass is 10.2. The zero-order valence-corrected chi connectivity index (χ0v) is 17.9. The average molecular weight is 457 g/mol. The van der Waals surface area contributed by atoms with Crippen LogP contribution >= 0.6 is 11.6 Å². The van der Waals surface area contributed by atoms with Crippen LogP contribution < -0.4 is 11.1 Å². The molecular formula is C24H17ClN6O2. The average Bonchev–Trinajstić information content (AvgIpc) is 3.08. The first-order valence-electron chi connectivity index (χ1n) is 9.97. The molecule has 3 aromatic carbocycles. The molecule has 33 heavy (non-hydrogen) atoms. The number of para-hydroxylation sites is 3. The van der Waals surface area contributed by atoms with Crippen LogP contribution in [0.4, 0.5) is 11.5 Å². The van der Waals surface area contributed by atoms with Crippen molar-refractivity contribution in [3.05, 3.63) is 88.9 Å². The van der Waals surface area contributed by atoms with Crippen LogP contribution in [-0.2, 0) is 0 Å². The highest BCUT2D eigenvalue weighted by Gasteiger charge is 2.24. The molecule has 0 aliphatic heterocycles. The number of nitrogens with one attached hydrogen (secondary N) is 1. The standard InChI is InChI=1S/C24H17ClN6O2/c25-15-9-11-16(12-10-15)28-24(33)20-21-23(30-18-7-3-2-6-17(18)29-21)31(22(20)26)27-13-14-5-1-4-8-19(14)32/h1-13,32H,26H2,(H,28,33)/b27-13+. The number of nitrogens with zero attached hydrogens (tertiary/aromatic N) is 4. The van der Waals surface area contributed by atoms with Gasteiger partial charge in [0.05, 0.1) is 17.2 Å². The highest BCUT2D eigenvalue weighted by Crippen LogP contribution is 2.29. The van der Waals surface area contributed by atoms with Gasteiger partial charge in [0.25, 0.3) is 5.91 Å². The Morgan fingerprint density at radius 3 is 2.39 bits per heavy atom. The number of phenolic OH excluding ortho intramolecular Hbond substituents is 1. The Labute approximate surface area is 193 Å². The first-order chi connectivity index (χ1) is 16.0. The first-order valence-corrected chi connectivity index (χ1v) is 10.3. The normalized spacial score (nSPS) is 11.4. The maximum atomic E-state index is 13.2. The molecule has 0 saturated carbocycles. The van der Waals surface area contributed by atoms with Crippen LogP contribution in [0.15, 0.2) is 77.9 Å². The van der Waals surface area contributed by atoms with Gasteiger partial charge in [-0.3, -0.25) is 4.79 Å². The maximum absolute atomic E-state index is 13.2. The van der Waals surface area contributed by atoms with Crippen LogP contribution in [0.3, 0.4) is 0 Å². The number of nitrogen functional groups attached to an aromatic ring is 1. The lowest BCUT2D eigenvalue weighted by Crippen LogP contribution is -2.14. The Hall–Kier alpha value is -4.43. The molecular weight excluding hydrogens is 440 g/mol. The highest BCUT2D eigenvalue weighted by atomic mass is 35.5. The number of carbonyl (C=O) groups is 1. The molecule has 0 aliphatic rings. The van der Waals surface area contributed by atoms with Crippen LogP contribution in [-0.4, -0.2) is 31.9 Å². The second-order valence-electron chi connectivity index (χ2n) is 7.22. The summed E-state index contributed by atoms with van der Waals surface area (Å²) in [6, 6.07) is 20.8. The summed E-state index contributed by atoms with van der Waals surface area (Å²) in [5.74, 6) is -0.326. The summed E-state index contributed by atoms with van der Waals surface area (Å²) in [4.78, 5) is 22.5. The van der Waals surface area contributed by atoms with Crippen molar-refractivity contribution in [2.75, 3.05) is 11.1 Å². The van der Waals surface area contributed by atoms with Crippen LogP contribution in [0.5, 0.6) is 5.75 Å². The summed E-state index contributed by atoms with van der Waals surface area (Å²) in [5.41, 5.74) is 9.45. The summed E-state index contributed by atoms with van der Waals surface area (Å²) in [6.07, 6.45) is 1.45. The predicted octanol–water partition coefficient (Wildman–Crippen LogP) is 4.66. The Balaban J connectivity index is 1.67. The molecule has 0 spiro atoms. The molecule has 4 N–H and O–H groups in total. The molecule has 5 rings (SSSR count). The van der Waals surface area contributed by atoms with Crippen molar-refractivity contribution in [1.82, 2.24) is 14.6 Å². The van der Waals surface area contributed by atoms with Crippen molar-refractivity contribution in [1.29, 1.82) is 0 Å². The van der Waals surface area contributed by atoms with Gasteiger partial charge in [0.15, 0.2) is 5.65 Å². The number of carbonyl (C=O) groups excluding carboxylic acids is 1. The van der Waals surface area contributed by atoms with Crippen molar-refractivity contribution in [3.63, 3.8) is 0 Å². The molecule has 2 aromatic heterocycles. The lowest BCUT2D eigenvalue weighted by molar-refractivity contribution is 0.102. The van der Waals surface area contributed by atoms with Crippen molar-refractivity contribution < 1.29 is 9.90 Å². The fourth-order valence-corrected chi connectivity index (χ4v) is 3.56. The molecule has 162 valence electrons. The van der Waals surface area contributed by atoms with Gasteiger partial charge in [-0.25, -0.2) is 9.97 Å². The number of benzene rings is 3. The van der Waals surface area contributed by atoms with E-state index in [0.29, 0.717) is 38.5 Å².